The molecule has 0 aromatic heterocycles. The average Bonchev–Trinajstić information content (AvgIpc) is 2.68. The normalized spacial score (nSPS) is 34.0. The Hall–Kier alpha value is -0.600. The van der Waals surface area contributed by atoms with Gasteiger partial charge in [-0.15, -0.1) is 0 Å². The van der Waals surface area contributed by atoms with E-state index in [2.05, 4.69) is 6.07 Å². The molecule has 2 unspecified atom stereocenters. The molecule has 1 aliphatic heterocycles. The molecular weight excluding hydrogens is 250 g/mol. The summed E-state index contributed by atoms with van der Waals surface area (Å²) < 4.78 is 23.1. The smallest absolute Gasteiger partial charge is 0.152 e. The van der Waals surface area contributed by atoms with Crippen molar-refractivity contribution in [3.8, 4) is 6.07 Å². The lowest BCUT2D eigenvalue weighted by Crippen LogP contribution is -2.36. The second kappa shape index (κ2) is 5.18. The summed E-state index contributed by atoms with van der Waals surface area (Å²) in [5, 5.41) is 19.6. The lowest BCUT2D eigenvalue weighted by atomic mass is 9.76. The molecule has 1 heterocycles. The topological polar surface area (TPSA) is 78.2 Å². The van der Waals surface area contributed by atoms with Crippen molar-refractivity contribution in [3.05, 3.63) is 0 Å². The third-order valence-corrected chi connectivity index (χ3v) is 6.26. The van der Waals surface area contributed by atoms with Crippen LogP contribution in [-0.2, 0) is 9.84 Å². The van der Waals surface area contributed by atoms with Crippen LogP contribution in [0.15, 0.2) is 0 Å². The van der Waals surface area contributed by atoms with Crippen molar-refractivity contribution in [2.45, 2.75) is 51.0 Å². The fourth-order valence-corrected chi connectivity index (χ4v) is 5.27. The molecule has 102 valence electrons. The van der Waals surface area contributed by atoms with Crippen LogP contribution in [0, 0.1) is 22.7 Å². The zero-order valence-electron chi connectivity index (χ0n) is 10.6. The number of aliphatic hydroxyl groups excluding tert-OH is 1. The van der Waals surface area contributed by atoms with Gasteiger partial charge in [0.2, 0.25) is 0 Å². The molecule has 5 heteroatoms. The summed E-state index contributed by atoms with van der Waals surface area (Å²) in [6, 6.07) is 2.09. The summed E-state index contributed by atoms with van der Waals surface area (Å²) >= 11 is 0. The van der Waals surface area contributed by atoms with Crippen LogP contribution < -0.4 is 0 Å². The highest BCUT2D eigenvalue weighted by molar-refractivity contribution is 7.91. The van der Waals surface area contributed by atoms with Gasteiger partial charge in [-0.1, -0.05) is 32.1 Å². The van der Waals surface area contributed by atoms with Crippen LogP contribution >= 0.6 is 0 Å². The van der Waals surface area contributed by atoms with Crippen molar-refractivity contribution in [1.82, 2.24) is 0 Å². The zero-order chi connectivity index (χ0) is 13.2. The SMILES string of the molecule is N#CC1(C(O)CC2CCCCC2)CCS(=O)(=O)C1. The van der Waals surface area contributed by atoms with E-state index in [1.54, 1.807) is 0 Å². The van der Waals surface area contributed by atoms with Gasteiger partial charge in [-0.25, -0.2) is 8.42 Å². The Morgan fingerprint density at radius 1 is 1.33 bits per heavy atom. The quantitative estimate of drug-likeness (QED) is 0.846. The van der Waals surface area contributed by atoms with Gasteiger partial charge >= 0.3 is 0 Å². The molecule has 0 bridgehead atoms. The number of hydrogen-bond donors (Lipinski definition) is 1. The summed E-state index contributed by atoms with van der Waals surface area (Å²) in [6.45, 7) is 0. The number of hydrogen-bond acceptors (Lipinski definition) is 4. The molecule has 0 amide bonds. The average molecular weight is 271 g/mol. The van der Waals surface area contributed by atoms with Crippen molar-refractivity contribution in [2.24, 2.45) is 11.3 Å². The van der Waals surface area contributed by atoms with E-state index < -0.39 is 21.4 Å². The first-order valence-electron chi connectivity index (χ1n) is 6.77. The van der Waals surface area contributed by atoms with Crippen molar-refractivity contribution >= 4 is 9.84 Å². The highest BCUT2D eigenvalue weighted by atomic mass is 32.2. The van der Waals surface area contributed by atoms with Crippen LogP contribution in [0.25, 0.3) is 0 Å². The molecule has 18 heavy (non-hydrogen) atoms. The summed E-state index contributed by atoms with van der Waals surface area (Å²) in [5.41, 5.74) is -1.05. The number of rotatable bonds is 3. The number of sulfone groups is 1. The lowest BCUT2D eigenvalue weighted by Gasteiger charge is -2.30. The third kappa shape index (κ3) is 2.86. The van der Waals surface area contributed by atoms with E-state index in [0.29, 0.717) is 18.8 Å². The van der Waals surface area contributed by atoms with Gasteiger partial charge in [0.05, 0.1) is 29.1 Å². The second-order valence-electron chi connectivity index (χ2n) is 5.87. The maximum absolute atomic E-state index is 11.5. The third-order valence-electron chi connectivity index (χ3n) is 4.48. The molecule has 0 radical (unpaired) electrons. The molecule has 1 aliphatic carbocycles. The zero-order valence-corrected chi connectivity index (χ0v) is 11.5. The predicted molar refractivity (Wildman–Crippen MR) is 68.5 cm³/mol. The van der Waals surface area contributed by atoms with Gasteiger partial charge in [-0.3, -0.25) is 0 Å². The maximum Gasteiger partial charge on any atom is 0.152 e. The Morgan fingerprint density at radius 2 is 2.00 bits per heavy atom. The van der Waals surface area contributed by atoms with Crippen LogP contribution in [0.5, 0.6) is 0 Å². The largest absolute Gasteiger partial charge is 0.391 e. The van der Waals surface area contributed by atoms with E-state index in [0.717, 1.165) is 12.8 Å². The highest BCUT2D eigenvalue weighted by Crippen LogP contribution is 2.39. The van der Waals surface area contributed by atoms with Crippen LogP contribution in [0.3, 0.4) is 0 Å². The van der Waals surface area contributed by atoms with E-state index in [-0.39, 0.29) is 11.5 Å². The Balaban J connectivity index is 2.02. The molecule has 0 aromatic carbocycles. The molecular formula is C13H21NO3S. The minimum absolute atomic E-state index is 0.0439. The molecule has 4 nitrogen and oxygen atoms in total. The minimum Gasteiger partial charge on any atom is -0.391 e. The lowest BCUT2D eigenvalue weighted by molar-refractivity contribution is 0.0498. The monoisotopic (exact) mass is 271 g/mol. The summed E-state index contributed by atoms with van der Waals surface area (Å²) in [5.74, 6) is 0.342. The van der Waals surface area contributed by atoms with E-state index in [4.69, 9.17) is 0 Å². The van der Waals surface area contributed by atoms with Gasteiger partial charge in [-0.05, 0) is 18.8 Å². The maximum atomic E-state index is 11.5. The van der Waals surface area contributed by atoms with Gasteiger partial charge in [0.25, 0.3) is 0 Å². The van der Waals surface area contributed by atoms with Gasteiger partial charge in [0.1, 0.15) is 0 Å². The van der Waals surface area contributed by atoms with Crippen LogP contribution in [0.1, 0.15) is 44.9 Å². The first kappa shape index (κ1) is 13.8. The second-order valence-corrected chi connectivity index (χ2v) is 8.05. The van der Waals surface area contributed by atoms with Crippen molar-refractivity contribution in [3.63, 3.8) is 0 Å². The van der Waals surface area contributed by atoms with E-state index in [1.165, 1.54) is 19.3 Å². The summed E-state index contributed by atoms with van der Waals surface area (Å²) in [7, 11) is -3.13. The molecule has 0 spiro atoms. The summed E-state index contributed by atoms with van der Waals surface area (Å²) in [4.78, 5) is 0. The summed E-state index contributed by atoms with van der Waals surface area (Å²) in [6.07, 6.45) is 5.93. The van der Waals surface area contributed by atoms with Gasteiger partial charge in [-0.2, -0.15) is 5.26 Å². The Labute approximate surface area is 109 Å². The number of nitrogens with zero attached hydrogens (tertiary/aromatic N) is 1. The van der Waals surface area contributed by atoms with Gasteiger partial charge in [0, 0.05) is 0 Å². The Morgan fingerprint density at radius 3 is 2.50 bits per heavy atom. The van der Waals surface area contributed by atoms with Crippen molar-refractivity contribution in [2.75, 3.05) is 11.5 Å². The van der Waals surface area contributed by atoms with Gasteiger partial charge < -0.3 is 5.11 Å². The molecule has 2 atom stereocenters. The van der Waals surface area contributed by atoms with Crippen LogP contribution in [0.4, 0.5) is 0 Å². The molecule has 0 aromatic rings. The molecule has 2 rings (SSSR count). The number of nitriles is 1. The predicted octanol–water partition coefficient (Wildman–Crippen LogP) is 1.65. The Kier molecular flexibility index (Phi) is 3.98. The highest BCUT2D eigenvalue weighted by Gasteiger charge is 2.48. The standard InChI is InChI=1S/C13H21NO3S/c14-9-13(6-7-18(16,17)10-13)12(15)8-11-4-2-1-3-5-11/h11-12,15H,1-8,10H2. The minimum atomic E-state index is -3.13. The first-order valence-corrected chi connectivity index (χ1v) is 8.59. The van der Waals surface area contributed by atoms with E-state index >= 15 is 0 Å². The molecule has 2 aliphatic rings. The fraction of sp³-hybridized carbons (Fsp3) is 0.923. The van der Waals surface area contributed by atoms with Gasteiger partial charge in [0.15, 0.2) is 9.84 Å². The first-order chi connectivity index (χ1) is 8.47. The van der Waals surface area contributed by atoms with E-state index in [1.807, 2.05) is 0 Å². The van der Waals surface area contributed by atoms with E-state index in [9.17, 15) is 18.8 Å². The van der Waals surface area contributed by atoms with Crippen LogP contribution in [-0.4, -0.2) is 31.1 Å². The van der Waals surface area contributed by atoms with Crippen molar-refractivity contribution in [1.29, 1.82) is 5.26 Å². The van der Waals surface area contributed by atoms with Crippen LogP contribution in [0.2, 0.25) is 0 Å². The number of aliphatic hydroxyl groups is 1. The fourth-order valence-electron chi connectivity index (χ4n) is 3.26. The molecule has 1 N–H and O–H groups in total. The molecule has 1 saturated heterocycles. The molecule has 2 fully saturated rings. The molecule has 1 saturated carbocycles. The Bertz CT molecular complexity index is 434. The van der Waals surface area contributed by atoms with Crippen molar-refractivity contribution < 1.29 is 13.5 Å².